The first kappa shape index (κ1) is 16.2. The molecule has 2 aromatic rings. The molecule has 1 N–H and O–H groups in total. The van der Waals surface area contributed by atoms with Gasteiger partial charge in [0.1, 0.15) is 0 Å². The monoisotopic (exact) mass is 322 g/mol. The highest BCUT2D eigenvalue weighted by Crippen LogP contribution is 2.26. The van der Waals surface area contributed by atoms with Crippen LogP contribution in [0.2, 0.25) is 10.0 Å². The molecule has 112 valence electrons. The van der Waals surface area contributed by atoms with E-state index in [9.17, 15) is 0 Å². The second-order valence-corrected chi connectivity index (χ2v) is 6.17. The fourth-order valence-corrected chi connectivity index (χ4v) is 2.60. The van der Waals surface area contributed by atoms with Crippen LogP contribution in [0, 0.1) is 0 Å². The average Bonchev–Trinajstić information content (AvgIpc) is 2.47. The minimum Gasteiger partial charge on any atom is -0.378 e. The molecular weight excluding hydrogens is 303 g/mol. The van der Waals surface area contributed by atoms with E-state index in [1.54, 1.807) is 6.07 Å². The molecule has 21 heavy (non-hydrogen) atoms. The highest BCUT2D eigenvalue weighted by atomic mass is 35.5. The summed E-state index contributed by atoms with van der Waals surface area (Å²) in [6.07, 6.45) is 0. The zero-order chi connectivity index (χ0) is 15.4. The Balaban J connectivity index is 2.00. The molecule has 0 heterocycles. The van der Waals surface area contributed by atoms with Gasteiger partial charge in [0, 0.05) is 42.4 Å². The summed E-state index contributed by atoms with van der Waals surface area (Å²) in [4.78, 5) is 2.09. The van der Waals surface area contributed by atoms with E-state index in [2.05, 4.69) is 41.4 Å². The van der Waals surface area contributed by atoms with Crippen molar-refractivity contribution < 1.29 is 0 Å². The van der Waals surface area contributed by atoms with E-state index in [0.29, 0.717) is 5.02 Å². The Bertz CT molecular complexity index is 594. The number of halogens is 2. The molecule has 4 heteroatoms. The van der Waals surface area contributed by atoms with Gasteiger partial charge in [-0.3, -0.25) is 0 Å². The normalized spacial score (nSPS) is 12.2. The van der Waals surface area contributed by atoms with Gasteiger partial charge in [0.15, 0.2) is 0 Å². The predicted molar refractivity (Wildman–Crippen MR) is 92.5 cm³/mol. The van der Waals surface area contributed by atoms with Gasteiger partial charge in [-0.25, -0.2) is 0 Å². The number of rotatable bonds is 5. The maximum atomic E-state index is 6.22. The Morgan fingerprint density at radius 3 is 2.33 bits per heavy atom. The zero-order valence-corrected chi connectivity index (χ0v) is 14.0. The van der Waals surface area contributed by atoms with E-state index in [1.807, 2.05) is 26.2 Å². The van der Waals surface area contributed by atoms with Crippen LogP contribution in [0.4, 0.5) is 5.69 Å². The minimum atomic E-state index is 0.143. The third kappa shape index (κ3) is 4.37. The maximum absolute atomic E-state index is 6.22. The quantitative estimate of drug-likeness (QED) is 0.841. The first-order valence-electron chi connectivity index (χ1n) is 6.92. The van der Waals surface area contributed by atoms with Crippen LogP contribution in [-0.2, 0) is 6.54 Å². The van der Waals surface area contributed by atoms with E-state index < -0.39 is 0 Å². The highest BCUT2D eigenvalue weighted by Gasteiger charge is 2.10. The Kier molecular flexibility index (Phi) is 5.51. The van der Waals surface area contributed by atoms with Crippen LogP contribution in [0.3, 0.4) is 0 Å². The van der Waals surface area contributed by atoms with Gasteiger partial charge in [-0.15, -0.1) is 0 Å². The molecule has 2 rings (SSSR count). The van der Waals surface area contributed by atoms with Crippen molar-refractivity contribution in [2.45, 2.75) is 19.5 Å². The molecule has 0 aliphatic rings. The highest BCUT2D eigenvalue weighted by molar-refractivity contribution is 6.33. The standard InChI is InChI=1S/C17H20Cl2N2/c1-12(16-10-14(18)6-9-17(16)19)20-11-13-4-7-15(8-5-13)21(2)3/h4-10,12,20H,11H2,1-3H3. The van der Waals surface area contributed by atoms with E-state index >= 15 is 0 Å². The van der Waals surface area contributed by atoms with Gasteiger partial charge in [-0.1, -0.05) is 35.3 Å². The summed E-state index contributed by atoms with van der Waals surface area (Å²) in [6.45, 7) is 2.88. The molecule has 2 nitrogen and oxygen atoms in total. The van der Waals surface area contributed by atoms with Crippen molar-refractivity contribution >= 4 is 28.9 Å². The van der Waals surface area contributed by atoms with Gasteiger partial charge in [0.25, 0.3) is 0 Å². The van der Waals surface area contributed by atoms with Crippen molar-refractivity contribution in [3.8, 4) is 0 Å². The van der Waals surface area contributed by atoms with Crippen molar-refractivity contribution in [2.75, 3.05) is 19.0 Å². The summed E-state index contributed by atoms with van der Waals surface area (Å²) < 4.78 is 0. The maximum Gasteiger partial charge on any atom is 0.0454 e. The lowest BCUT2D eigenvalue weighted by Gasteiger charge is -2.17. The molecule has 0 spiro atoms. The van der Waals surface area contributed by atoms with Gasteiger partial charge >= 0.3 is 0 Å². The van der Waals surface area contributed by atoms with Crippen LogP contribution in [-0.4, -0.2) is 14.1 Å². The molecule has 1 unspecified atom stereocenters. The summed E-state index contributed by atoms with van der Waals surface area (Å²) in [5.74, 6) is 0. The van der Waals surface area contributed by atoms with Crippen LogP contribution in [0.25, 0.3) is 0 Å². The molecule has 0 radical (unpaired) electrons. The Labute approximate surface area is 136 Å². The van der Waals surface area contributed by atoms with E-state index in [1.165, 1.54) is 11.3 Å². The van der Waals surface area contributed by atoms with Gasteiger partial charge in [-0.05, 0) is 48.4 Å². The number of nitrogens with one attached hydrogen (secondary N) is 1. The third-order valence-electron chi connectivity index (χ3n) is 3.49. The topological polar surface area (TPSA) is 15.3 Å². The van der Waals surface area contributed by atoms with Crippen LogP contribution in [0.5, 0.6) is 0 Å². The number of hydrogen-bond acceptors (Lipinski definition) is 2. The van der Waals surface area contributed by atoms with Gasteiger partial charge < -0.3 is 10.2 Å². The van der Waals surface area contributed by atoms with Crippen LogP contribution in [0.15, 0.2) is 42.5 Å². The molecule has 0 aliphatic heterocycles. The van der Waals surface area contributed by atoms with E-state index in [0.717, 1.165) is 17.1 Å². The fourth-order valence-electron chi connectivity index (χ4n) is 2.14. The fraction of sp³-hybridized carbons (Fsp3) is 0.294. The summed E-state index contributed by atoms with van der Waals surface area (Å²) >= 11 is 12.3. The molecule has 0 amide bonds. The first-order valence-corrected chi connectivity index (χ1v) is 7.67. The Hall–Kier alpha value is -1.22. The number of hydrogen-bond donors (Lipinski definition) is 1. The molecule has 0 aliphatic carbocycles. The van der Waals surface area contributed by atoms with Crippen molar-refractivity contribution in [3.63, 3.8) is 0 Å². The van der Waals surface area contributed by atoms with Crippen LogP contribution >= 0.6 is 23.2 Å². The van der Waals surface area contributed by atoms with E-state index in [4.69, 9.17) is 23.2 Å². The second-order valence-electron chi connectivity index (χ2n) is 5.33. The van der Waals surface area contributed by atoms with Crippen LogP contribution < -0.4 is 10.2 Å². The summed E-state index contributed by atoms with van der Waals surface area (Å²) in [5, 5.41) is 4.92. The summed E-state index contributed by atoms with van der Waals surface area (Å²) in [5.41, 5.74) is 3.46. The third-order valence-corrected chi connectivity index (χ3v) is 4.07. The Morgan fingerprint density at radius 1 is 1.05 bits per heavy atom. The molecule has 0 bridgehead atoms. The smallest absolute Gasteiger partial charge is 0.0454 e. The number of anilines is 1. The van der Waals surface area contributed by atoms with Crippen molar-refractivity contribution in [1.82, 2.24) is 5.32 Å². The minimum absolute atomic E-state index is 0.143. The lowest BCUT2D eigenvalue weighted by Crippen LogP contribution is -2.18. The second kappa shape index (κ2) is 7.17. The van der Waals surface area contributed by atoms with Gasteiger partial charge in [0.2, 0.25) is 0 Å². The molecule has 0 saturated carbocycles. The SMILES string of the molecule is CC(NCc1ccc(N(C)C)cc1)c1cc(Cl)ccc1Cl. The molecule has 1 atom stereocenters. The summed E-state index contributed by atoms with van der Waals surface area (Å²) in [6, 6.07) is 14.2. The van der Waals surface area contributed by atoms with Crippen molar-refractivity contribution in [2.24, 2.45) is 0 Å². The summed E-state index contributed by atoms with van der Waals surface area (Å²) in [7, 11) is 4.08. The zero-order valence-electron chi connectivity index (χ0n) is 12.5. The number of benzene rings is 2. The predicted octanol–water partition coefficient (Wildman–Crippen LogP) is 4.91. The van der Waals surface area contributed by atoms with Gasteiger partial charge in [0.05, 0.1) is 0 Å². The lowest BCUT2D eigenvalue weighted by molar-refractivity contribution is 0.575. The van der Waals surface area contributed by atoms with E-state index in [-0.39, 0.29) is 6.04 Å². The average molecular weight is 323 g/mol. The molecule has 2 aromatic carbocycles. The number of nitrogens with zero attached hydrogens (tertiary/aromatic N) is 1. The molecule has 0 fully saturated rings. The van der Waals surface area contributed by atoms with Crippen LogP contribution in [0.1, 0.15) is 24.1 Å². The molecular formula is C17H20Cl2N2. The molecule has 0 aromatic heterocycles. The van der Waals surface area contributed by atoms with Crippen molar-refractivity contribution in [3.05, 3.63) is 63.6 Å². The first-order chi connectivity index (χ1) is 9.97. The van der Waals surface area contributed by atoms with Crippen molar-refractivity contribution in [1.29, 1.82) is 0 Å². The lowest BCUT2D eigenvalue weighted by atomic mass is 10.1. The largest absolute Gasteiger partial charge is 0.378 e. The molecule has 0 saturated heterocycles. The Morgan fingerprint density at radius 2 is 1.71 bits per heavy atom. The van der Waals surface area contributed by atoms with Gasteiger partial charge in [-0.2, -0.15) is 0 Å².